The van der Waals surface area contributed by atoms with Gasteiger partial charge in [-0.25, -0.2) is 4.98 Å². The van der Waals surface area contributed by atoms with Crippen LogP contribution in [0.5, 0.6) is 5.75 Å². The van der Waals surface area contributed by atoms with Gasteiger partial charge in [0.1, 0.15) is 11.4 Å². The largest absolute Gasteiger partial charge is 0.573 e. The maximum atomic E-state index is 13.0. The second kappa shape index (κ2) is 11.3. The third kappa shape index (κ3) is 6.27. The molecule has 2 fully saturated rings. The van der Waals surface area contributed by atoms with Crippen molar-refractivity contribution >= 4 is 28.3 Å². The van der Waals surface area contributed by atoms with Crippen molar-refractivity contribution in [1.82, 2.24) is 20.2 Å². The number of hydrogen-bond donors (Lipinski definition) is 3. The van der Waals surface area contributed by atoms with Gasteiger partial charge in [-0.2, -0.15) is 0 Å². The molecule has 0 atom stereocenters. The van der Waals surface area contributed by atoms with Gasteiger partial charge < -0.3 is 30.6 Å². The van der Waals surface area contributed by atoms with Crippen molar-refractivity contribution in [1.29, 1.82) is 0 Å². The predicted molar refractivity (Wildman–Crippen MR) is 138 cm³/mol. The topological polar surface area (TPSA) is 99.5 Å². The Kier molecular flexibility index (Phi) is 8.11. The molecule has 4 heterocycles. The normalized spacial score (nSPS) is 16.6. The number of piperidine rings is 1. The number of benzene rings is 1. The van der Waals surface area contributed by atoms with Gasteiger partial charge in [-0.1, -0.05) is 0 Å². The standard InChI is InChI=1S/C24H26F3N5O2.C2H7N/c25-24(26,27)34-17-3-4-18(21(28)12-17)23(33)32-9-5-15(6-10-32)20-14-30-22-19(20)11-16(13-29-22)31-7-1-2-8-31;1-3-2/h3-4,11-15H,1-2,5-10,28H2,(H,29,30);3H,1-2H3. The number of hydrogen-bond acceptors (Lipinski definition) is 6. The molecule has 5 rings (SSSR count). The monoisotopic (exact) mass is 518 g/mol. The lowest BCUT2D eigenvalue weighted by Gasteiger charge is -2.32. The zero-order chi connectivity index (χ0) is 26.6. The molecule has 4 N–H and O–H groups in total. The first-order valence-electron chi connectivity index (χ1n) is 12.4. The Bertz CT molecular complexity index is 1210. The molecule has 3 aromatic rings. The number of amides is 1. The van der Waals surface area contributed by atoms with Crippen LogP contribution >= 0.6 is 0 Å². The van der Waals surface area contributed by atoms with Crippen LogP contribution in [0.2, 0.25) is 0 Å². The summed E-state index contributed by atoms with van der Waals surface area (Å²) in [5, 5.41) is 3.87. The van der Waals surface area contributed by atoms with Crippen LogP contribution in [-0.2, 0) is 0 Å². The number of likely N-dealkylation sites (tertiary alicyclic amines) is 1. The number of pyridine rings is 1. The van der Waals surface area contributed by atoms with Crippen molar-refractivity contribution in [3.63, 3.8) is 0 Å². The van der Waals surface area contributed by atoms with Crippen LogP contribution in [0.15, 0.2) is 36.7 Å². The Hall–Kier alpha value is -3.47. The van der Waals surface area contributed by atoms with Crippen LogP contribution < -0.4 is 20.7 Å². The number of alkyl halides is 3. The number of rotatable bonds is 4. The zero-order valence-corrected chi connectivity index (χ0v) is 21.1. The van der Waals surface area contributed by atoms with Crippen LogP contribution in [-0.4, -0.2) is 67.4 Å². The average molecular weight is 519 g/mol. The highest BCUT2D eigenvalue weighted by atomic mass is 19.4. The zero-order valence-electron chi connectivity index (χ0n) is 21.1. The molecule has 1 amide bonds. The van der Waals surface area contributed by atoms with Gasteiger partial charge in [0.25, 0.3) is 5.91 Å². The molecule has 2 aliphatic rings. The number of nitrogens with one attached hydrogen (secondary N) is 2. The molecule has 1 aromatic carbocycles. The third-order valence-electron chi connectivity index (χ3n) is 6.73. The van der Waals surface area contributed by atoms with Crippen molar-refractivity contribution in [3.05, 3.63) is 47.8 Å². The summed E-state index contributed by atoms with van der Waals surface area (Å²) in [5.74, 6) is -0.443. The molecule has 2 saturated heterocycles. The second-order valence-corrected chi connectivity index (χ2v) is 9.39. The number of nitrogen functional groups attached to an aromatic ring is 1. The van der Waals surface area contributed by atoms with Crippen LogP contribution in [0, 0.1) is 0 Å². The molecule has 0 spiro atoms. The molecule has 8 nitrogen and oxygen atoms in total. The highest BCUT2D eigenvalue weighted by Gasteiger charge is 2.32. The van der Waals surface area contributed by atoms with Gasteiger partial charge in [-0.05, 0) is 69.5 Å². The minimum absolute atomic E-state index is 0.0361. The van der Waals surface area contributed by atoms with Gasteiger partial charge in [0.2, 0.25) is 0 Å². The lowest BCUT2D eigenvalue weighted by molar-refractivity contribution is -0.274. The number of H-pyrrole nitrogens is 1. The quantitative estimate of drug-likeness (QED) is 0.440. The van der Waals surface area contributed by atoms with Crippen molar-refractivity contribution in [2.75, 3.05) is 50.9 Å². The minimum Gasteiger partial charge on any atom is -0.406 e. The number of halogens is 3. The molecule has 200 valence electrons. The summed E-state index contributed by atoms with van der Waals surface area (Å²) in [6.07, 6.45) is 3.09. The van der Waals surface area contributed by atoms with E-state index in [2.05, 4.69) is 31.0 Å². The van der Waals surface area contributed by atoms with Gasteiger partial charge in [0, 0.05) is 49.5 Å². The molecular formula is C26H33F3N6O2. The highest BCUT2D eigenvalue weighted by molar-refractivity contribution is 5.99. The molecule has 0 radical (unpaired) electrons. The third-order valence-corrected chi connectivity index (χ3v) is 6.73. The van der Waals surface area contributed by atoms with Crippen LogP contribution in [0.4, 0.5) is 24.5 Å². The van der Waals surface area contributed by atoms with E-state index in [4.69, 9.17) is 5.73 Å². The first-order chi connectivity index (χ1) is 17.7. The number of ether oxygens (including phenoxy) is 1. The predicted octanol–water partition coefficient (Wildman–Crippen LogP) is 4.50. The Morgan fingerprint density at radius 1 is 1.14 bits per heavy atom. The molecule has 0 aliphatic carbocycles. The van der Waals surface area contributed by atoms with Gasteiger partial charge in [0.15, 0.2) is 0 Å². The molecule has 11 heteroatoms. The van der Waals surface area contributed by atoms with Crippen molar-refractivity contribution < 1.29 is 22.7 Å². The molecule has 0 unspecified atom stereocenters. The number of nitrogens with two attached hydrogens (primary N) is 1. The van der Waals surface area contributed by atoms with Crippen molar-refractivity contribution in [2.45, 2.75) is 38.0 Å². The van der Waals surface area contributed by atoms with Gasteiger partial charge in [0.05, 0.1) is 17.4 Å². The summed E-state index contributed by atoms with van der Waals surface area (Å²) >= 11 is 0. The summed E-state index contributed by atoms with van der Waals surface area (Å²) in [7, 11) is 3.75. The maximum absolute atomic E-state index is 13.0. The van der Waals surface area contributed by atoms with E-state index in [9.17, 15) is 18.0 Å². The van der Waals surface area contributed by atoms with Gasteiger partial charge >= 0.3 is 6.36 Å². The van der Waals surface area contributed by atoms with E-state index in [1.807, 2.05) is 26.5 Å². The van der Waals surface area contributed by atoms with E-state index in [1.165, 1.54) is 24.5 Å². The average Bonchev–Trinajstić information content (AvgIpc) is 3.53. The summed E-state index contributed by atoms with van der Waals surface area (Å²) in [6.45, 7) is 3.19. The van der Waals surface area contributed by atoms with Crippen LogP contribution in [0.25, 0.3) is 11.0 Å². The lowest BCUT2D eigenvalue weighted by Crippen LogP contribution is -2.38. The number of nitrogens with zero attached hydrogens (tertiary/aromatic N) is 3. The van der Waals surface area contributed by atoms with E-state index in [-0.39, 0.29) is 23.1 Å². The molecule has 0 saturated carbocycles. The first-order valence-corrected chi connectivity index (χ1v) is 12.4. The number of carbonyl (C=O) groups is 1. The van der Waals surface area contributed by atoms with Crippen molar-refractivity contribution in [2.24, 2.45) is 0 Å². The van der Waals surface area contributed by atoms with E-state index < -0.39 is 12.1 Å². The Labute approximate surface area is 214 Å². The highest BCUT2D eigenvalue weighted by Crippen LogP contribution is 2.35. The fourth-order valence-corrected chi connectivity index (χ4v) is 5.00. The lowest BCUT2D eigenvalue weighted by atomic mass is 9.89. The SMILES string of the molecule is CNC.Nc1cc(OC(F)(F)F)ccc1C(=O)N1CCC(c2c[nH]c3ncc(N4CCCC4)cc23)CC1. The fourth-order valence-electron chi connectivity index (χ4n) is 5.00. The maximum Gasteiger partial charge on any atom is 0.573 e. The Balaban J connectivity index is 0.00000102. The number of aromatic nitrogens is 2. The number of carbonyl (C=O) groups excluding carboxylic acids is 1. The van der Waals surface area contributed by atoms with E-state index >= 15 is 0 Å². The van der Waals surface area contributed by atoms with E-state index in [0.29, 0.717) is 13.1 Å². The Morgan fingerprint density at radius 2 is 1.81 bits per heavy atom. The summed E-state index contributed by atoms with van der Waals surface area (Å²) in [5.41, 5.74) is 9.24. The molecule has 2 aliphatic heterocycles. The van der Waals surface area contributed by atoms with Crippen LogP contribution in [0.3, 0.4) is 0 Å². The number of aromatic amines is 1. The van der Waals surface area contributed by atoms with Gasteiger partial charge in [-0.15, -0.1) is 13.2 Å². The molecule has 0 bridgehead atoms. The van der Waals surface area contributed by atoms with Crippen molar-refractivity contribution in [3.8, 4) is 5.75 Å². The summed E-state index contributed by atoms with van der Waals surface area (Å²) in [6, 6.07) is 5.64. The van der Waals surface area contributed by atoms with Crippen LogP contribution in [0.1, 0.15) is 47.5 Å². The van der Waals surface area contributed by atoms with E-state index in [1.54, 1.807) is 4.90 Å². The molecular weight excluding hydrogens is 485 g/mol. The second-order valence-electron chi connectivity index (χ2n) is 9.39. The molecule has 37 heavy (non-hydrogen) atoms. The fraction of sp³-hybridized carbons (Fsp3) is 0.462. The molecule has 2 aromatic heterocycles. The number of anilines is 2. The Morgan fingerprint density at radius 3 is 2.43 bits per heavy atom. The van der Waals surface area contributed by atoms with Gasteiger partial charge in [-0.3, -0.25) is 4.79 Å². The number of fused-ring (bicyclic) bond motifs is 1. The summed E-state index contributed by atoms with van der Waals surface area (Å²) in [4.78, 5) is 24.9. The smallest absolute Gasteiger partial charge is 0.406 e. The first kappa shape index (κ1) is 26.6. The summed E-state index contributed by atoms with van der Waals surface area (Å²) < 4.78 is 41.2. The minimum atomic E-state index is -4.81. The van der Waals surface area contributed by atoms with E-state index in [0.717, 1.165) is 54.8 Å².